The summed E-state index contributed by atoms with van der Waals surface area (Å²) in [6, 6.07) is 1.81. The lowest BCUT2D eigenvalue weighted by Crippen LogP contribution is -2.50. The van der Waals surface area contributed by atoms with Gasteiger partial charge in [-0.2, -0.15) is 0 Å². The summed E-state index contributed by atoms with van der Waals surface area (Å²) in [6.45, 7) is 9.41. The number of aryl methyl sites for hydroxylation is 2. The summed E-state index contributed by atoms with van der Waals surface area (Å²) in [5, 5.41) is 9.67. The number of amides is 1. The van der Waals surface area contributed by atoms with Gasteiger partial charge in [0, 0.05) is 32.7 Å². The van der Waals surface area contributed by atoms with Crippen molar-refractivity contribution in [2.24, 2.45) is 0 Å². The zero-order valence-corrected chi connectivity index (χ0v) is 12.6. The third kappa shape index (κ3) is 3.41. The van der Waals surface area contributed by atoms with Crippen LogP contribution in [0.15, 0.2) is 10.5 Å². The minimum absolute atomic E-state index is 0.0510. The molecule has 0 unspecified atom stereocenters. The van der Waals surface area contributed by atoms with Crippen molar-refractivity contribution in [2.45, 2.75) is 33.3 Å². The highest BCUT2D eigenvalue weighted by Gasteiger charge is 2.25. The van der Waals surface area contributed by atoms with E-state index in [1.54, 1.807) is 0 Å². The van der Waals surface area contributed by atoms with E-state index in [1.165, 1.54) is 0 Å². The molecule has 0 bridgehead atoms. The Hall–Kier alpha value is -1.33. The van der Waals surface area contributed by atoms with Gasteiger partial charge in [0.15, 0.2) is 0 Å². The molecule has 20 heavy (non-hydrogen) atoms. The van der Waals surface area contributed by atoms with Gasteiger partial charge in [-0.25, -0.2) is 0 Å². The zero-order chi connectivity index (χ0) is 14.7. The van der Waals surface area contributed by atoms with Gasteiger partial charge in [0.2, 0.25) is 0 Å². The minimum atomic E-state index is -0.268. The van der Waals surface area contributed by atoms with Crippen LogP contribution in [0.4, 0.5) is 0 Å². The average molecular weight is 280 g/mol. The molecule has 2 heterocycles. The number of aliphatic hydroxyl groups excluding tert-OH is 1. The molecule has 5 nitrogen and oxygen atoms in total. The maximum Gasteiger partial charge on any atom is 0.257 e. The fourth-order valence-electron chi connectivity index (χ4n) is 2.57. The number of rotatable bonds is 4. The van der Waals surface area contributed by atoms with Gasteiger partial charge in [0.25, 0.3) is 5.91 Å². The summed E-state index contributed by atoms with van der Waals surface area (Å²) >= 11 is 0. The maximum absolute atomic E-state index is 12.4. The second-order valence-corrected chi connectivity index (χ2v) is 5.48. The van der Waals surface area contributed by atoms with Crippen LogP contribution in [-0.4, -0.2) is 59.6 Å². The number of nitrogens with zero attached hydrogens (tertiary/aromatic N) is 2. The lowest BCUT2D eigenvalue weighted by atomic mass is 10.2. The van der Waals surface area contributed by atoms with Crippen LogP contribution in [0.25, 0.3) is 0 Å². The summed E-state index contributed by atoms with van der Waals surface area (Å²) in [6.07, 6.45) is 0.503. The largest absolute Gasteiger partial charge is 0.466 e. The van der Waals surface area contributed by atoms with E-state index in [-0.39, 0.29) is 12.0 Å². The number of piperazine rings is 1. The number of β-amino-alcohol motifs (C(OH)–C–C–N with tert-alkyl or cyclic N) is 1. The molecule has 1 N–H and O–H groups in total. The standard InChI is InChI=1S/C15H24N2O3/c1-4-13(18)10-16-5-7-17(8-6-16)15(19)14-9-11(2)20-12(14)3/h9,13,18H,4-8,10H2,1-3H3/t13-/m1/s1. The molecule has 1 aliphatic heterocycles. The van der Waals surface area contributed by atoms with E-state index in [2.05, 4.69) is 4.90 Å². The molecule has 1 saturated heterocycles. The first-order valence-electron chi connectivity index (χ1n) is 7.28. The molecular weight excluding hydrogens is 256 g/mol. The Kier molecular flexibility index (Phi) is 4.83. The van der Waals surface area contributed by atoms with Gasteiger partial charge >= 0.3 is 0 Å². The fraction of sp³-hybridized carbons (Fsp3) is 0.667. The van der Waals surface area contributed by atoms with Gasteiger partial charge < -0.3 is 14.4 Å². The van der Waals surface area contributed by atoms with Crippen molar-refractivity contribution in [3.05, 3.63) is 23.2 Å². The van der Waals surface area contributed by atoms with Crippen LogP contribution >= 0.6 is 0 Å². The molecule has 1 fully saturated rings. The summed E-state index contributed by atoms with van der Waals surface area (Å²) in [4.78, 5) is 16.5. The number of furan rings is 1. The molecule has 0 spiro atoms. The van der Waals surface area contributed by atoms with Crippen LogP contribution in [0.3, 0.4) is 0 Å². The number of carbonyl (C=O) groups excluding carboxylic acids is 1. The second-order valence-electron chi connectivity index (χ2n) is 5.48. The molecule has 0 aromatic carbocycles. The highest BCUT2D eigenvalue weighted by atomic mass is 16.3. The van der Waals surface area contributed by atoms with Crippen LogP contribution in [0.1, 0.15) is 35.2 Å². The quantitative estimate of drug-likeness (QED) is 0.906. The number of hydrogen-bond donors (Lipinski definition) is 1. The van der Waals surface area contributed by atoms with Gasteiger partial charge in [-0.3, -0.25) is 9.69 Å². The van der Waals surface area contributed by atoms with Crippen LogP contribution in [-0.2, 0) is 0 Å². The predicted octanol–water partition coefficient (Wildman–Crippen LogP) is 1.43. The molecule has 1 amide bonds. The number of carbonyl (C=O) groups is 1. The van der Waals surface area contributed by atoms with Crippen molar-refractivity contribution in [2.75, 3.05) is 32.7 Å². The average Bonchev–Trinajstić information content (AvgIpc) is 2.77. The Morgan fingerprint density at radius 1 is 1.35 bits per heavy atom. The first-order valence-corrected chi connectivity index (χ1v) is 7.28. The van der Waals surface area contributed by atoms with Crippen molar-refractivity contribution in [3.63, 3.8) is 0 Å². The Bertz CT molecular complexity index is 462. The molecule has 2 rings (SSSR count). The van der Waals surface area contributed by atoms with Gasteiger partial charge in [-0.1, -0.05) is 6.92 Å². The van der Waals surface area contributed by atoms with Gasteiger partial charge in [-0.15, -0.1) is 0 Å². The van der Waals surface area contributed by atoms with Crippen molar-refractivity contribution in [3.8, 4) is 0 Å². The lowest BCUT2D eigenvalue weighted by Gasteiger charge is -2.35. The SMILES string of the molecule is CC[C@@H](O)CN1CCN(C(=O)c2cc(C)oc2C)CC1. The van der Waals surface area contributed by atoms with E-state index in [9.17, 15) is 9.90 Å². The van der Waals surface area contributed by atoms with E-state index in [4.69, 9.17) is 4.42 Å². The summed E-state index contributed by atoms with van der Waals surface area (Å²) in [5.41, 5.74) is 0.671. The fourth-order valence-corrected chi connectivity index (χ4v) is 2.57. The van der Waals surface area contributed by atoms with Crippen molar-refractivity contribution in [1.82, 2.24) is 9.80 Å². The Labute approximate surface area is 120 Å². The van der Waals surface area contributed by atoms with Crippen LogP contribution in [0.2, 0.25) is 0 Å². The molecule has 1 aromatic heterocycles. The number of aliphatic hydroxyl groups is 1. The van der Waals surface area contributed by atoms with E-state index < -0.39 is 0 Å². The number of hydrogen-bond acceptors (Lipinski definition) is 4. The van der Waals surface area contributed by atoms with E-state index >= 15 is 0 Å². The molecule has 0 saturated carbocycles. The van der Waals surface area contributed by atoms with Crippen molar-refractivity contribution >= 4 is 5.91 Å². The van der Waals surface area contributed by atoms with E-state index in [0.717, 1.165) is 25.3 Å². The Morgan fingerprint density at radius 3 is 2.50 bits per heavy atom. The first-order chi connectivity index (χ1) is 9.51. The molecule has 0 aliphatic carbocycles. The normalized spacial score (nSPS) is 18.3. The molecule has 5 heteroatoms. The predicted molar refractivity (Wildman–Crippen MR) is 76.8 cm³/mol. The molecule has 1 aromatic rings. The van der Waals surface area contributed by atoms with Gasteiger partial charge in [-0.05, 0) is 26.3 Å². The van der Waals surface area contributed by atoms with Crippen molar-refractivity contribution in [1.29, 1.82) is 0 Å². The highest BCUT2D eigenvalue weighted by Crippen LogP contribution is 2.17. The smallest absolute Gasteiger partial charge is 0.257 e. The highest BCUT2D eigenvalue weighted by molar-refractivity contribution is 5.95. The van der Waals surface area contributed by atoms with Crippen LogP contribution in [0.5, 0.6) is 0 Å². The third-order valence-corrected chi connectivity index (χ3v) is 3.87. The summed E-state index contributed by atoms with van der Waals surface area (Å²) < 4.78 is 5.42. The summed E-state index contributed by atoms with van der Waals surface area (Å²) in [5.74, 6) is 1.52. The van der Waals surface area contributed by atoms with E-state index in [1.807, 2.05) is 31.7 Å². The summed E-state index contributed by atoms with van der Waals surface area (Å²) in [7, 11) is 0. The van der Waals surface area contributed by atoms with Gasteiger partial charge in [0.1, 0.15) is 11.5 Å². The van der Waals surface area contributed by atoms with Crippen LogP contribution < -0.4 is 0 Å². The monoisotopic (exact) mass is 280 g/mol. The molecule has 112 valence electrons. The van der Waals surface area contributed by atoms with Crippen LogP contribution in [0, 0.1) is 13.8 Å². The van der Waals surface area contributed by atoms with Gasteiger partial charge in [0.05, 0.1) is 11.7 Å². The topological polar surface area (TPSA) is 56.9 Å². The van der Waals surface area contributed by atoms with Crippen molar-refractivity contribution < 1.29 is 14.3 Å². The third-order valence-electron chi connectivity index (χ3n) is 3.87. The maximum atomic E-state index is 12.4. The minimum Gasteiger partial charge on any atom is -0.466 e. The molecular formula is C15H24N2O3. The molecule has 0 radical (unpaired) electrons. The zero-order valence-electron chi connectivity index (χ0n) is 12.6. The van der Waals surface area contributed by atoms with E-state index in [0.29, 0.717) is 31.0 Å². The lowest BCUT2D eigenvalue weighted by molar-refractivity contribution is 0.0522. The Morgan fingerprint density at radius 2 is 2.00 bits per heavy atom. The second kappa shape index (κ2) is 6.41. The first kappa shape index (κ1) is 15.1. The molecule has 1 aliphatic rings. The molecule has 1 atom stereocenters. The Balaban J connectivity index is 1.90.